The van der Waals surface area contributed by atoms with E-state index in [1.807, 2.05) is 6.07 Å². The van der Waals surface area contributed by atoms with Crippen LogP contribution in [0, 0.1) is 23.5 Å². The molecule has 0 saturated heterocycles. The summed E-state index contributed by atoms with van der Waals surface area (Å²) in [5, 5.41) is 28.3. The number of rotatable bonds is 2. The predicted molar refractivity (Wildman–Crippen MR) is 81.2 cm³/mol. The van der Waals surface area contributed by atoms with Gasteiger partial charge in [-0.05, 0) is 12.5 Å². The van der Waals surface area contributed by atoms with Crippen LogP contribution in [0.25, 0.3) is 0 Å². The minimum absolute atomic E-state index is 0.0710. The van der Waals surface area contributed by atoms with Crippen LogP contribution in [-0.2, 0) is 0 Å². The zero-order valence-corrected chi connectivity index (χ0v) is 12.6. The molecule has 2 heterocycles. The number of quaternary nitrogens is 1. The first-order valence-corrected chi connectivity index (χ1v) is 6.98. The summed E-state index contributed by atoms with van der Waals surface area (Å²) in [6.07, 6.45) is 0. The third kappa shape index (κ3) is 2.53. The summed E-state index contributed by atoms with van der Waals surface area (Å²) in [5.74, 6) is -0.291. The first kappa shape index (κ1) is 15.8. The van der Waals surface area contributed by atoms with Crippen molar-refractivity contribution in [1.82, 2.24) is 0 Å². The van der Waals surface area contributed by atoms with E-state index in [2.05, 4.69) is 0 Å². The number of nitrogens with zero attached hydrogens (tertiary/aromatic N) is 1. The van der Waals surface area contributed by atoms with Crippen molar-refractivity contribution < 1.29 is 19.6 Å². The molecule has 1 aliphatic heterocycles. The number of fused-ring (bicyclic) bond motifs is 1. The molecular weight excluding hydrogens is 314 g/mol. The molecule has 0 spiro atoms. The number of nitrogens with two attached hydrogens (primary N) is 1. The summed E-state index contributed by atoms with van der Waals surface area (Å²) in [6.45, 7) is 1.60. The summed E-state index contributed by atoms with van der Waals surface area (Å²) < 4.78 is 10.5. The van der Waals surface area contributed by atoms with E-state index in [0.29, 0.717) is 11.3 Å². The number of nitrogens with one attached hydrogen (secondary N) is 1. The molecule has 24 heavy (non-hydrogen) atoms. The highest BCUT2D eigenvalue weighted by molar-refractivity contribution is 5.55. The molecule has 0 radical (unpaired) electrons. The average molecular weight is 327 g/mol. The Morgan fingerprint density at radius 1 is 1.38 bits per heavy atom. The molecular formula is C16H13N3O5. The van der Waals surface area contributed by atoms with E-state index in [-0.39, 0.29) is 28.5 Å². The topological polar surface area (TPSA) is 137 Å². The molecule has 2 unspecified atom stereocenters. The quantitative estimate of drug-likeness (QED) is 0.686. The largest absolute Gasteiger partial charge is 0.595 e. The van der Waals surface area contributed by atoms with Gasteiger partial charge < -0.3 is 20.1 Å². The molecule has 2 aromatic rings. The van der Waals surface area contributed by atoms with Crippen molar-refractivity contribution in [2.75, 3.05) is 0 Å². The van der Waals surface area contributed by atoms with Crippen molar-refractivity contribution in [3.8, 4) is 11.8 Å². The van der Waals surface area contributed by atoms with E-state index in [9.17, 15) is 15.3 Å². The molecule has 0 bridgehead atoms. The van der Waals surface area contributed by atoms with Crippen LogP contribution >= 0.6 is 0 Å². The summed E-state index contributed by atoms with van der Waals surface area (Å²) >= 11 is 0. The van der Waals surface area contributed by atoms with Crippen molar-refractivity contribution in [2.45, 2.75) is 12.8 Å². The number of hydrogen-bond donors (Lipinski definition) is 3. The first-order chi connectivity index (χ1) is 11.4. The Morgan fingerprint density at radius 3 is 2.62 bits per heavy atom. The summed E-state index contributed by atoms with van der Waals surface area (Å²) in [6, 6.07) is 9.34. The van der Waals surface area contributed by atoms with Crippen LogP contribution in [0.4, 0.5) is 5.69 Å². The fourth-order valence-electron chi connectivity index (χ4n) is 2.67. The Kier molecular flexibility index (Phi) is 3.83. The van der Waals surface area contributed by atoms with Gasteiger partial charge in [-0.1, -0.05) is 12.1 Å². The minimum atomic E-state index is -1.07. The molecule has 1 aliphatic rings. The summed E-state index contributed by atoms with van der Waals surface area (Å²) in [4.78, 5) is 12.3. The molecule has 122 valence electrons. The van der Waals surface area contributed by atoms with Crippen LogP contribution in [-0.4, -0.2) is 5.21 Å². The van der Waals surface area contributed by atoms with Crippen LogP contribution in [0.2, 0.25) is 0 Å². The molecule has 0 saturated carbocycles. The molecule has 1 aromatic heterocycles. The number of aryl methyl sites for hydroxylation is 1. The Hall–Kier alpha value is -3.12. The molecule has 0 fully saturated rings. The molecule has 8 nitrogen and oxygen atoms in total. The lowest BCUT2D eigenvalue weighted by atomic mass is 9.84. The highest BCUT2D eigenvalue weighted by atomic mass is 16.8. The summed E-state index contributed by atoms with van der Waals surface area (Å²) in [7, 11) is 0. The normalized spacial score (nSPS) is 17.7. The highest BCUT2D eigenvalue weighted by Gasteiger charge is 2.34. The van der Waals surface area contributed by atoms with E-state index in [0.717, 1.165) is 0 Å². The maximum atomic E-state index is 12.3. The van der Waals surface area contributed by atoms with Gasteiger partial charge in [0.2, 0.25) is 5.88 Å². The SMILES string of the molecule is Cc1cc2c(c(=O)o1)C(c1ccc([NH+]([O-])O)cc1)C(C#N)=C(N)O2. The fourth-order valence-corrected chi connectivity index (χ4v) is 2.67. The number of ether oxygens (including phenoxy) is 1. The van der Waals surface area contributed by atoms with Gasteiger partial charge in [0.05, 0.1) is 11.5 Å². The molecule has 1 aromatic carbocycles. The van der Waals surface area contributed by atoms with Crippen LogP contribution in [0.15, 0.2) is 51.0 Å². The lowest BCUT2D eigenvalue weighted by Gasteiger charge is -2.25. The number of benzene rings is 1. The second kappa shape index (κ2) is 5.82. The zero-order chi connectivity index (χ0) is 17.4. The van der Waals surface area contributed by atoms with Crippen LogP contribution in [0.3, 0.4) is 0 Å². The fraction of sp³-hybridized carbons (Fsp3) is 0.125. The van der Waals surface area contributed by atoms with Gasteiger partial charge in [-0.2, -0.15) is 10.5 Å². The Labute approximate surface area is 136 Å². The van der Waals surface area contributed by atoms with Gasteiger partial charge in [-0.3, -0.25) is 0 Å². The number of allylic oxidation sites excluding steroid dienone is 1. The van der Waals surface area contributed by atoms with Crippen molar-refractivity contribution in [2.24, 2.45) is 5.73 Å². The third-order valence-corrected chi connectivity index (χ3v) is 3.75. The number of hydrogen-bond acceptors (Lipinski definition) is 7. The molecule has 0 amide bonds. The Bertz CT molecular complexity index is 922. The molecule has 3 rings (SSSR count). The van der Waals surface area contributed by atoms with Gasteiger partial charge in [0.25, 0.3) is 0 Å². The summed E-state index contributed by atoms with van der Waals surface area (Å²) in [5.41, 5.74) is 6.06. The van der Waals surface area contributed by atoms with Crippen LogP contribution < -0.4 is 21.3 Å². The van der Waals surface area contributed by atoms with Gasteiger partial charge in [-0.15, -0.1) is 0 Å². The third-order valence-electron chi connectivity index (χ3n) is 3.75. The monoisotopic (exact) mass is 327 g/mol. The highest BCUT2D eigenvalue weighted by Crippen LogP contribution is 2.40. The molecule has 0 aliphatic carbocycles. The van der Waals surface area contributed by atoms with Gasteiger partial charge in [0, 0.05) is 18.2 Å². The smallest absolute Gasteiger partial charge is 0.343 e. The van der Waals surface area contributed by atoms with E-state index < -0.39 is 16.8 Å². The standard InChI is InChI=1S/C16H13N3O5/c1-8-6-12-14(16(20)23-8)13(11(7-17)15(18)24-12)9-2-4-10(5-3-9)19(21)22/h2-6,13,19,21H,18H2,1H3. The van der Waals surface area contributed by atoms with Crippen molar-refractivity contribution in [1.29, 1.82) is 5.26 Å². The predicted octanol–water partition coefficient (Wildman–Crippen LogP) is 0.570. The lowest BCUT2D eigenvalue weighted by molar-refractivity contribution is -0.991. The van der Waals surface area contributed by atoms with Crippen molar-refractivity contribution >= 4 is 5.69 Å². The van der Waals surface area contributed by atoms with E-state index >= 15 is 0 Å². The minimum Gasteiger partial charge on any atom is -0.595 e. The molecule has 4 N–H and O–H groups in total. The van der Waals surface area contributed by atoms with E-state index in [1.54, 1.807) is 6.92 Å². The van der Waals surface area contributed by atoms with Crippen LogP contribution in [0.1, 0.15) is 22.8 Å². The Morgan fingerprint density at radius 2 is 2.04 bits per heavy atom. The van der Waals surface area contributed by atoms with Gasteiger partial charge in [0.15, 0.2) is 5.69 Å². The van der Waals surface area contributed by atoms with E-state index in [1.165, 1.54) is 30.3 Å². The van der Waals surface area contributed by atoms with Crippen molar-refractivity contribution in [3.63, 3.8) is 0 Å². The van der Waals surface area contributed by atoms with Gasteiger partial charge >= 0.3 is 5.63 Å². The zero-order valence-electron chi connectivity index (χ0n) is 12.6. The maximum absolute atomic E-state index is 12.3. The second-order valence-corrected chi connectivity index (χ2v) is 5.27. The average Bonchev–Trinajstić information content (AvgIpc) is 2.53. The molecule has 2 atom stereocenters. The van der Waals surface area contributed by atoms with Crippen molar-refractivity contribution in [3.05, 3.63) is 74.3 Å². The first-order valence-electron chi connectivity index (χ1n) is 6.98. The maximum Gasteiger partial charge on any atom is 0.343 e. The van der Waals surface area contributed by atoms with Gasteiger partial charge in [0.1, 0.15) is 23.2 Å². The lowest BCUT2D eigenvalue weighted by Crippen LogP contribution is -2.99. The number of nitriles is 1. The molecule has 8 heteroatoms. The van der Waals surface area contributed by atoms with Gasteiger partial charge in [-0.25, -0.2) is 10.0 Å². The van der Waals surface area contributed by atoms with E-state index in [4.69, 9.17) is 20.1 Å². The second-order valence-electron chi connectivity index (χ2n) is 5.27. The Balaban J connectivity index is 2.22. The van der Waals surface area contributed by atoms with Crippen LogP contribution in [0.5, 0.6) is 5.75 Å².